The maximum atomic E-state index is 13.2. The fourth-order valence-electron chi connectivity index (χ4n) is 4.96. The van der Waals surface area contributed by atoms with Crippen molar-refractivity contribution in [2.75, 3.05) is 10.6 Å². The monoisotopic (exact) mass is 584 g/mol. The van der Waals surface area contributed by atoms with Crippen LogP contribution >= 0.6 is 0 Å². The Kier molecular flexibility index (Phi) is 9.87. The molecule has 44 heavy (non-hydrogen) atoms. The summed E-state index contributed by atoms with van der Waals surface area (Å²) in [5, 5.41) is 18.4. The Bertz CT molecular complexity index is 1700. The van der Waals surface area contributed by atoms with E-state index in [-0.39, 0.29) is 5.91 Å². The standard InChI is InChI=1S/C36H32N4O4/c1-25(41)44-28-20-17-26(18-21-28)19-22-33(42)39-30-14-6-5-13-29(30)35(40-32-16-8-10-24-38-32)34(31-15-7-9-23-37-31)36(43)27-11-3-2-4-12-27/h2-24,34-36,43H,1H3,(H,38,40)(H,39,42)/t34-,35+,36+/m0/s1. The summed E-state index contributed by atoms with van der Waals surface area (Å²) in [7, 11) is 0. The van der Waals surface area contributed by atoms with Gasteiger partial charge >= 0.3 is 5.97 Å². The molecule has 0 radical (unpaired) electrons. The van der Waals surface area contributed by atoms with Crippen LogP contribution in [-0.2, 0) is 9.59 Å². The van der Waals surface area contributed by atoms with E-state index < -0.39 is 24.0 Å². The number of carbonyl (C=O) groups excluding carboxylic acids is 2. The van der Waals surface area contributed by atoms with Crippen LogP contribution in [0.2, 0.25) is 0 Å². The smallest absolute Gasteiger partial charge is 0.308 e. The number of ether oxygens (including phenoxy) is 1. The normalized spacial score (nSPS) is 13.0. The molecule has 5 rings (SSSR count). The Hall–Kier alpha value is -5.60. The minimum atomic E-state index is -0.939. The van der Waals surface area contributed by atoms with Gasteiger partial charge in [-0.05, 0) is 65.2 Å². The lowest BCUT2D eigenvalue weighted by molar-refractivity contribution is -0.131. The van der Waals surface area contributed by atoms with Gasteiger partial charge < -0.3 is 20.5 Å². The molecule has 3 aromatic carbocycles. The highest BCUT2D eigenvalue weighted by atomic mass is 16.5. The molecule has 0 unspecified atom stereocenters. The minimum Gasteiger partial charge on any atom is -0.427 e. The zero-order valence-electron chi connectivity index (χ0n) is 24.1. The van der Waals surface area contributed by atoms with Crippen LogP contribution in [-0.4, -0.2) is 27.0 Å². The topological polar surface area (TPSA) is 113 Å². The number of aliphatic hydroxyl groups excluding tert-OH is 1. The summed E-state index contributed by atoms with van der Waals surface area (Å²) in [5.41, 5.74) is 3.49. The lowest BCUT2D eigenvalue weighted by atomic mass is 9.82. The SMILES string of the molecule is CC(=O)Oc1ccc(C=CC(=O)Nc2ccccc2[C@@H](Nc2ccccn2)[C@H](c2ccccn2)[C@H](O)c2ccccc2)cc1. The van der Waals surface area contributed by atoms with Crippen LogP contribution in [0.5, 0.6) is 5.75 Å². The molecule has 0 fully saturated rings. The molecule has 8 nitrogen and oxygen atoms in total. The van der Waals surface area contributed by atoms with Crippen molar-refractivity contribution < 1.29 is 19.4 Å². The van der Waals surface area contributed by atoms with Gasteiger partial charge in [0, 0.05) is 36.8 Å². The zero-order valence-corrected chi connectivity index (χ0v) is 24.1. The summed E-state index contributed by atoms with van der Waals surface area (Å²) in [4.78, 5) is 33.5. The van der Waals surface area contributed by atoms with E-state index in [9.17, 15) is 14.7 Å². The van der Waals surface area contributed by atoms with Gasteiger partial charge in [0.05, 0.1) is 18.1 Å². The number of esters is 1. The highest BCUT2D eigenvalue weighted by Crippen LogP contribution is 2.43. The second-order valence-corrected chi connectivity index (χ2v) is 10.0. The predicted molar refractivity (Wildman–Crippen MR) is 171 cm³/mol. The number of aliphatic hydroxyl groups is 1. The summed E-state index contributed by atoms with van der Waals surface area (Å²) in [6, 6.07) is 34.4. The largest absolute Gasteiger partial charge is 0.427 e. The molecule has 0 aliphatic heterocycles. The Balaban J connectivity index is 1.49. The molecule has 0 saturated carbocycles. The van der Waals surface area contributed by atoms with E-state index in [1.807, 2.05) is 91.0 Å². The van der Waals surface area contributed by atoms with E-state index >= 15 is 0 Å². The number of para-hydroxylation sites is 1. The number of aromatic nitrogens is 2. The second-order valence-electron chi connectivity index (χ2n) is 10.0. The maximum absolute atomic E-state index is 13.2. The van der Waals surface area contributed by atoms with E-state index in [4.69, 9.17) is 4.74 Å². The first-order chi connectivity index (χ1) is 21.5. The van der Waals surface area contributed by atoms with Crippen LogP contribution in [0, 0.1) is 0 Å². The van der Waals surface area contributed by atoms with Crippen LogP contribution in [0.15, 0.2) is 134 Å². The molecule has 1 amide bonds. The van der Waals surface area contributed by atoms with Gasteiger partial charge in [-0.2, -0.15) is 0 Å². The van der Waals surface area contributed by atoms with Gasteiger partial charge in [-0.1, -0.05) is 72.8 Å². The highest BCUT2D eigenvalue weighted by Gasteiger charge is 2.35. The fourth-order valence-corrected chi connectivity index (χ4v) is 4.96. The Labute approximate surface area is 256 Å². The molecule has 2 aromatic heterocycles. The molecule has 2 heterocycles. The van der Waals surface area contributed by atoms with Gasteiger partial charge in [0.25, 0.3) is 0 Å². The Morgan fingerprint density at radius 3 is 2.16 bits per heavy atom. The number of anilines is 2. The van der Waals surface area contributed by atoms with Crippen molar-refractivity contribution in [3.8, 4) is 5.75 Å². The van der Waals surface area contributed by atoms with Crippen molar-refractivity contribution >= 4 is 29.5 Å². The number of hydrogen-bond acceptors (Lipinski definition) is 7. The first-order valence-corrected chi connectivity index (χ1v) is 14.2. The molecule has 3 N–H and O–H groups in total. The summed E-state index contributed by atoms with van der Waals surface area (Å²) >= 11 is 0. The van der Waals surface area contributed by atoms with Crippen LogP contribution in [0.4, 0.5) is 11.5 Å². The van der Waals surface area contributed by atoms with Gasteiger partial charge in [0.2, 0.25) is 5.91 Å². The van der Waals surface area contributed by atoms with Crippen molar-refractivity contribution in [1.82, 2.24) is 9.97 Å². The first-order valence-electron chi connectivity index (χ1n) is 14.2. The van der Waals surface area contributed by atoms with Crippen molar-refractivity contribution in [2.24, 2.45) is 0 Å². The fraction of sp³-hybridized carbons (Fsp3) is 0.111. The van der Waals surface area contributed by atoms with E-state index in [0.717, 1.165) is 16.7 Å². The van der Waals surface area contributed by atoms with Gasteiger partial charge in [-0.3, -0.25) is 14.6 Å². The first kappa shape index (κ1) is 29.9. The minimum absolute atomic E-state index is 0.337. The number of benzene rings is 3. The number of carbonyl (C=O) groups is 2. The number of pyridine rings is 2. The summed E-state index contributed by atoms with van der Waals surface area (Å²) in [6.45, 7) is 1.34. The molecule has 8 heteroatoms. The predicted octanol–water partition coefficient (Wildman–Crippen LogP) is 6.72. The summed E-state index contributed by atoms with van der Waals surface area (Å²) in [5.74, 6) is -0.263. The molecule has 5 aromatic rings. The highest BCUT2D eigenvalue weighted by molar-refractivity contribution is 6.02. The quantitative estimate of drug-likeness (QED) is 0.0897. The molecular weight excluding hydrogens is 552 g/mol. The van der Waals surface area contributed by atoms with Gasteiger partial charge in [0.15, 0.2) is 0 Å². The number of nitrogens with one attached hydrogen (secondary N) is 2. The lowest BCUT2D eigenvalue weighted by Crippen LogP contribution is -2.27. The van der Waals surface area contributed by atoms with E-state index in [0.29, 0.717) is 22.9 Å². The Morgan fingerprint density at radius 1 is 0.795 bits per heavy atom. The van der Waals surface area contributed by atoms with Gasteiger partial charge in [-0.25, -0.2) is 4.98 Å². The van der Waals surface area contributed by atoms with Crippen molar-refractivity contribution in [3.63, 3.8) is 0 Å². The molecule has 0 aliphatic rings. The maximum Gasteiger partial charge on any atom is 0.308 e. The number of rotatable bonds is 11. The molecule has 0 saturated heterocycles. The Morgan fingerprint density at radius 2 is 1.48 bits per heavy atom. The average molecular weight is 585 g/mol. The van der Waals surface area contributed by atoms with Crippen LogP contribution in [0.25, 0.3) is 6.08 Å². The lowest BCUT2D eigenvalue weighted by Gasteiger charge is -2.33. The second kappa shape index (κ2) is 14.5. The molecule has 0 aliphatic carbocycles. The molecular formula is C36H32N4O4. The van der Waals surface area contributed by atoms with Crippen molar-refractivity contribution in [2.45, 2.75) is 25.0 Å². The zero-order chi connectivity index (χ0) is 30.7. The third-order valence-corrected chi connectivity index (χ3v) is 6.96. The van der Waals surface area contributed by atoms with Crippen molar-refractivity contribution in [3.05, 3.63) is 156 Å². The van der Waals surface area contributed by atoms with E-state index in [1.165, 1.54) is 13.0 Å². The molecule has 0 bridgehead atoms. The summed E-state index contributed by atoms with van der Waals surface area (Å²) < 4.78 is 5.07. The van der Waals surface area contributed by atoms with Crippen LogP contribution in [0.3, 0.4) is 0 Å². The van der Waals surface area contributed by atoms with Crippen molar-refractivity contribution in [1.29, 1.82) is 0 Å². The third-order valence-electron chi connectivity index (χ3n) is 6.96. The molecule has 0 spiro atoms. The van der Waals surface area contributed by atoms with Gasteiger partial charge in [0.1, 0.15) is 11.6 Å². The van der Waals surface area contributed by atoms with Crippen LogP contribution in [0.1, 0.15) is 47.4 Å². The molecule has 220 valence electrons. The number of amides is 1. The number of nitrogens with zero attached hydrogens (tertiary/aromatic N) is 2. The third kappa shape index (κ3) is 7.81. The van der Waals surface area contributed by atoms with E-state index in [1.54, 1.807) is 42.7 Å². The van der Waals surface area contributed by atoms with Gasteiger partial charge in [-0.15, -0.1) is 0 Å². The number of hydrogen-bond donors (Lipinski definition) is 3. The molecule has 3 atom stereocenters. The average Bonchev–Trinajstić information content (AvgIpc) is 3.05. The van der Waals surface area contributed by atoms with E-state index in [2.05, 4.69) is 20.6 Å². The summed E-state index contributed by atoms with van der Waals surface area (Å²) in [6.07, 6.45) is 5.57. The van der Waals surface area contributed by atoms with Crippen LogP contribution < -0.4 is 15.4 Å².